The highest BCUT2D eigenvalue weighted by Gasteiger charge is 2.28. The normalized spacial score (nSPS) is 33.2. The van der Waals surface area contributed by atoms with Crippen molar-refractivity contribution in [1.82, 2.24) is 0 Å². The Labute approximate surface area is 62.8 Å². The summed E-state index contributed by atoms with van der Waals surface area (Å²) >= 11 is 0. The van der Waals surface area contributed by atoms with Crippen molar-refractivity contribution in [3.8, 4) is 0 Å². The van der Waals surface area contributed by atoms with Gasteiger partial charge in [0.15, 0.2) is 0 Å². The van der Waals surface area contributed by atoms with Gasteiger partial charge in [0.1, 0.15) is 0 Å². The molecule has 0 amide bonds. The van der Waals surface area contributed by atoms with E-state index in [2.05, 4.69) is 19.9 Å². The molecular weight excluding hydrogens is 124 g/mol. The van der Waals surface area contributed by atoms with Gasteiger partial charge in [-0.2, -0.15) is 0 Å². The third-order valence-corrected chi connectivity index (χ3v) is 2.35. The second-order valence-corrected chi connectivity index (χ2v) is 3.44. The molecule has 1 aliphatic carbocycles. The Kier molecular flexibility index (Phi) is 2.14. The summed E-state index contributed by atoms with van der Waals surface area (Å²) in [5, 5.41) is 9.86. The van der Waals surface area contributed by atoms with Gasteiger partial charge in [0.05, 0.1) is 5.60 Å². The van der Waals surface area contributed by atoms with Gasteiger partial charge < -0.3 is 5.11 Å². The fourth-order valence-electron chi connectivity index (χ4n) is 1.35. The number of allylic oxidation sites excluding steroid dienone is 1. The first-order valence-corrected chi connectivity index (χ1v) is 4.05. The van der Waals surface area contributed by atoms with Crippen LogP contribution >= 0.6 is 0 Å². The Balaban J connectivity index is 2.65. The molecule has 0 aromatic heterocycles. The molecule has 0 radical (unpaired) electrons. The van der Waals surface area contributed by atoms with Crippen LogP contribution in [0.3, 0.4) is 0 Å². The molecule has 0 bridgehead atoms. The van der Waals surface area contributed by atoms with Crippen LogP contribution in [0.5, 0.6) is 0 Å². The quantitative estimate of drug-likeness (QED) is 0.553. The Hall–Kier alpha value is -0.300. The smallest absolute Gasteiger partial charge is 0.0850 e. The van der Waals surface area contributed by atoms with E-state index in [0.29, 0.717) is 5.92 Å². The molecule has 1 heteroatoms. The maximum Gasteiger partial charge on any atom is 0.0850 e. The second kappa shape index (κ2) is 2.75. The lowest BCUT2D eigenvalue weighted by molar-refractivity contribution is 0.0289. The zero-order chi connectivity index (χ0) is 7.61. The van der Waals surface area contributed by atoms with E-state index in [1.54, 1.807) is 0 Å². The SMILES string of the molecule is CC(C)[C@]1(O)C=CCCC1. The first kappa shape index (κ1) is 7.80. The Morgan fingerprint density at radius 3 is 2.50 bits per heavy atom. The Morgan fingerprint density at radius 1 is 1.50 bits per heavy atom. The molecule has 0 spiro atoms. The Bertz CT molecular complexity index is 138. The lowest BCUT2D eigenvalue weighted by Gasteiger charge is -2.31. The van der Waals surface area contributed by atoms with E-state index in [9.17, 15) is 5.11 Å². The summed E-state index contributed by atoms with van der Waals surface area (Å²) in [6.07, 6.45) is 7.24. The zero-order valence-corrected chi connectivity index (χ0v) is 6.80. The fourth-order valence-corrected chi connectivity index (χ4v) is 1.35. The van der Waals surface area contributed by atoms with Gasteiger partial charge in [-0.05, 0) is 25.2 Å². The fraction of sp³-hybridized carbons (Fsp3) is 0.778. The van der Waals surface area contributed by atoms with E-state index >= 15 is 0 Å². The maximum absolute atomic E-state index is 9.86. The van der Waals surface area contributed by atoms with Gasteiger partial charge in [0.25, 0.3) is 0 Å². The molecule has 58 valence electrons. The van der Waals surface area contributed by atoms with Gasteiger partial charge in [-0.1, -0.05) is 26.0 Å². The van der Waals surface area contributed by atoms with Crippen LogP contribution in [-0.2, 0) is 0 Å². The summed E-state index contributed by atoms with van der Waals surface area (Å²) in [5.41, 5.74) is -0.502. The van der Waals surface area contributed by atoms with Crippen LogP contribution in [0, 0.1) is 5.92 Å². The summed E-state index contributed by atoms with van der Waals surface area (Å²) < 4.78 is 0. The molecule has 0 saturated heterocycles. The minimum atomic E-state index is -0.502. The number of hydrogen-bond acceptors (Lipinski definition) is 1. The molecule has 0 fully saturated rings. The van der Waals surface area contributed by atoms with E-state index in [-0.39, 0.29) is 0 Å². The molecule has 0 aromatic carbocycles. The van der Waals surface area contributed by atoms with Gasteiger partial charge in [0, 0.05) is 0 Å². The molecule has 0 saturated carbocycles. The van der Waals surface area contributed by atoms with Crippen molar-refractivity contribution in [2.45, 2.75) is 38.7 Å². The topological polar surface area (TPSA) is 20.2 Å². The predicted octanol–water partition coefficient (Wildman–Crippen LogP) is 2.11. The van der Waals surface area contributed by atoms with Crippen LogP contribution in [0.15, 0.2) is 12.2 Å². The summed E-state index contributed by atoms with van der Waals surface area (Å²) in [4.78, 5) is 0. The Morgan fingerprint density at radius 2 is 2.20 bits per heavy atom. The third kappa shape index (κ3) is 1.40. The lowest BCUT2D eigenvalue weighted by Crippen LogP contribution is -2.33. The molecule has 1 aliphatic rings. The van der Waals surface area contributed by atoms with Crippen molar-refractivity contribution in [3.05, 3.63) is 12.2 Å². The van der Waals surface area contributed by atoms with E-state index in [4.69, 9.17) is 0 Å². The minimum absolute atomic E-state index is 0.351. The summed E-state index contributed by atoms with van der Waals surface area (Å²) in [6, 6.07) is 0. The van der Waals surface area contributed by atoms with Crippen molar-refractivity contribution >= 4 is 0 Å². The molecule has 10 heavy (non-hydrogen) atoms. The van der Waals surface area contributed by atoms with Crippen molar-refractivity contribution in [1.29, 1.82) is 0 Å². The van der Waals surface area contributed by atoms with Crippen molar-refractivity contribution < 1.29 is 5.11 Å². The highest BCUT2D eigenvalue weighted by atomic mass is 16.3. The number of aliphatic hydroxyl groups is 1. The molecule has 0 unspecified atom stereocenters. The predicted molar refractivity (Wildman–Crippen MR) is 42.8 cm³/mol. The standard InChI is InChI=1S/C9H16O/c1-8(2)9(10)6-4-3-5-7-9/h4,6,8,10H,3,5,7H2,1-2H3/t9-/m0/s1. The van der Waals surface area contributed by atoms with Crippen molar-refractivity contribution in [2.24, 2.45) is 5.92 Å². The van der Waals surface area contributed by atoms with Gasteiger partial charge in [-0.3, -0.25) is 0 Å². The largest absolute Gasteiger partial charge is 0.386 e. The lowest BCUT2D eigenvalue weighted by atomic mass is 9.82. The number of rotatable bonds is 1. The third-order valence-electron chi connectivity index (χ3n) is 2.35. The zero-order valence-electron chi connectivity index (χ0n) is 6.80. The van der Waals surface area contributed by atoms with E-state index < -0.39 is 5.60 Å². The molecule has 1 nitrogen and oxygen atoms in total. The highest BCUT2D eigenvalue weighted by molar-refractivity contribution is 5.06. The average molecular weight is 140 g/mol. The van der Waals surface area contributed by atoms with Crippen LogP contribution < -0.4 is 0 Å². The molecule has 1 atom stereocenters. The summed E-state index contributed by atoms with van der Waals surface area (Å²) in [6.45, 7) is 4.13. The van der Waals surface area contributed by atoms with E-state index in [0.717, 1.165) is 19.3 Å². The van der Waals surface area contributed by atoms with E-state index in [1.165, 1.54) is 0 Å². The minimum Gasteiger partial charge on any atom is -0.386 e. The highest BCUT2D eigenvalue weighted by Crippen LogP contribution is 2.28. The van der Waals surface area contributed by atoms with Crippen LogP contribution in [0.1, 0.15) is 33.1 Å². The summed E-state index contributed by atoms with van der Waals surface area (Å²) in [7, 11) is 0. The average Bonchev–Trinajstić information content (AvgIpc) is 1.89. The first-order chi connectivity index (χ1) is 4.65. The molecule has 0 heterocycles. The van der Waals surface area contributed by atoms with E-state index in [1.807, 2.05) is 6.08 Å². The van der Waals surface area contributed by atoms with Crippen molar-refractivity contribution in [3.63, 3.8) is 0 Å². The number of hydrogen-bond donors (Lipinski definition) is 1. The monoisotopic (exact) mass is 140 g/mol. The molecule has 1 rings (SSSR count). The maximum atomic E-state index is 9.86. The molecule has 0 aromatic rings. The molecule has 1 N–H and O–H groups in total. The van der Waals surface area contributed by atoms with Crippen LogP contribution in [0.2, 0.25) is 0 Å². The van der Waals surface area contributed by atoms with Gasteiger partial charge in [-0.25, -0.2) is 0 Å². The molecular formula is C9H16O. The second-order valence-electron chi connectivity index (χ2n) is 3.44. The van der Waals surface area contributed by atoms with Gasteiger partial charge >= 0.3 is 0 Å². The van der Waals surface area contributed by atoms with Crippen LogP contribution in [-0.4, -0.2) is 10.7 Å². The van der Waals surface area contributed by atoms with Crippen molar-refractivity contribution in [2.75, 3.05) is 0 Å². The first-order valence-electron chi connectivity index (χ1n) is 4.05. The van der Waals surface area contributed by atoms with Gasteiger partial charge in [-0.15, -0.1) is 0 Å². The van der Waals surface area contributed by atoms with Crippen LogP contribution in [0.4, 0.5) is 0 Å². The summed E-state index contributed by atoms with van der Waals surface area (Å²) in [5.74, 6) is 0.351. The molecule has 0 aliphatic heterocycles. The van der Waals surface area contributed by atoms with Gasteiger partial charge in [0.2, 0.25) is 0 Å². The van der Waals surface area contributed by atoms with Crippen LogP contribution in [0.25, 0.3) is 0 Å².